The SMILES string of the molecule is CCC(OC(=O)C1CCN(C)CC1)Oc1ccccc1CO. The fourth-order valence-electron chi connectivity index (χ4n) is 2.55. The van der Waals surface area contributed by atoms with Gasteiger partial charge in [-0.15, -0.1) is 0 Å². The molecule has 0 bridgehead atoms. The first-order valence-corrected chi connectivity index (χ1v) is 7.88. The summed E-state index contributed by atoms with van der Waals surface area (Å²) >= 11 is 0. The van der Waals surface area contributed by atoms with E-state index in [4.69, 9.17) is 9.47 Å². The van der Waals surface area contributed by atoms with Crippen LogP contribution in [0.5, 0.6) is 5.75 Å². The van der Waals surface area contributed by atoms with E-state index in [0.29, 0.717) is 17.7 Å². The summed E-state index contributed by atoms with van der Waals surface area (Å²) in [7, 11) is 2.06. The van der Waals surface area contributed by atoms with E-state index in [1.165, 1.54) is 0 Å². The average Bonchev–Trinajstić information content (AvgIpc) is 2.55. The van der Waals surface area contributed by atoms with Crippen LogP contribution in [0.4, 0.5) is 0 Å². The molecule has 5 nitrogen and oxygen atoms in total. The van der Waals surface area contributed by atoms with E-state index in [2.05, 4.69) is 11.9 Å². The van der Waals surface area contributed by atoms with Gasteiger partial charge in [0, 0.05) is 12.0 Å². The number of ether oxygens (including phenoxy) is 2. The van der Waals surface area contributed by atoms with Gasteiger partial charge in [-0.25, -0.2) is 0 Å². The Bertz CT molecular complexity index is 483. The Kier molecular flexibility index (Phi) is 6.21. The highest BCUT2D eigenvalue weighted by Gasteiger charge is 2.27. The van der Waals surface area contributed by atoms with Crippen molar-refractivity contribution in [2.24, 2.45) is 5.92 Å². The second kappa shape index (κ2) is 8.15. The fourth-order valence-corrected chi connectivity index (χ4v) is 2.55. The molecule has 1 atom stereocenters. The van der Waals surface area contributed by atoms with Gasteiger partial charge >= 0.3 is 5.97 Å². The zero-order valence-electron chi connectivity index (χ0n) is 13.3. The van der Waals surface area contributed by atoms with Gasteiger partial charge in [0.15, 0.2) is 0 Å². The first-order valence-electron chi connectivity index (χ1n) is 7.88. The maximum Gasteiger partial charge on any atom is 0.312 e. The van der Waals surface area contributed by atoms with E-state index in [0.717, 1.165) is 25.9 Å². The molecule has 1 aliphatic heterocycles. The van der Waals surface area contributed by atoms with Crippen molar-refractivity contribution in [3.05, 3.63) is 29.8 Å². The van der Waals surface area contributed by atoms with E-state index in [9.17, 15) is 9.90 Å². The number of rotatable bonds is 6. The minimum atomic E-state index is -0.611. The smallest absolute Gasteiger partial charge is 0.312 e. The van der Waals surface area contributed by atoms with Gasteiger partial charge in [0.25, 0.3) is 0 Å². The maximum absolute atomic E-state index is 12.2. The Balaban J connectivity index is 1.93. The highest BCUT2D eigenvalue weighted by Crippen LogP contribution is 2.23. The van der Waals surface area contributed by atoms with Crippen molar-refractivity contribution in [2.45, 2.75) is 39.1 Å². The van der Waals surface area contributed by atoms with E-state index in [1.807, 2.05) is 19.1 Å². The van der Waals surface area contributed by atoms with E-state index < -0.39 is 6.29 Å². The summed E-state index contributed by atoms with van der Waals surface area (Å²) < 4.78 is 11.3. The fraction of sp³-hybridized carbons (Fsp3) is 0.588. The third-order valence-electron chi connectivity index (χ3n) is 4.03. The van der Waals surface area contributed by atoms with E-state index >= 15 is 0 Å². The standard InChI is InChI=1S/C17H25NO4/c1-3-16(21-15-7-5-4-6-14(15)12-19)22-17(20)13-8-10-18(2)11-9-13/h4-7,13,16,19H,3,8-12H2,1-2H3. The number of benzene rings is 1. The Morgan fingerprint density at radius 3 is 2.68 bits per heavy atom. The Labute approximate surface area is 131 Å². The number of aliphatic hydroxyl groups excluding tert-OH is 1. The minimum Gasteiger partial charge on any atom is -0.454 e. The lowest BCUT2D eigenvalue weighted by Gasteiger charge is -2.29. The molecule has 122 valence electrons. The number of hydrogen-bond donors (Lipinski definition) is 1. The molecular weight excluding hydrogens is 282 g/mol. The van der Waals surface area contributed by atoms with Gasteiger partial charge in [-0.2, -0.15) is 0 Å². The van der Waals surface area contributed by atoms with Crippen molar-refractivity contribution in [3.8, 4) is 5.75 Å². The predicted molar refractivity (Wildman–Crippen MR) is 83.4 cm³/mol. The minimum absolute atomic E-state index is 0.0399. The number of nitrogens with zero attached hydrogens (tertiary/aromatic N) is 1. The van der Waals surface area contributed by atoms with Gasteiger partial charge in [0.1, 0.15) is 5.75 Å². The molecule has 0 radical (unpaired) electrons. The predicted octanol–water partition coefficient (Wildman–Crippen LogP) is 2.18. The number of likely N-dealkylation sites (tertiary alicyclic amines) is 1. The molecule has 1 saturated heterocycles. The van der Waals surface area contributed by atoms with Crippen molar-refractivity contribution < 1.29 is 19.4 Å². The lowest BCUT2D eigenvalue weighted by atomic mass is 9.97. The molecule has 0 aliphatic carbocycles. The second-order valence-electron chi connectivity index (χ2n) is 5.74. The molecule has 1 aromatic carbocycles. The first-order chi connectivity index (χ1) is 10.6. The van der Waals surface area contributed by atoms with Gasteiger partial charge in [0.05, 0.1) is 12.5 Å². The van der Waals surface area contributed by atoms with Crippen molar-refractivity contribution in [2.75, 3.05) is 20.1 Å². The summed E-state index contributed by atoms with van der Waals surface area (Å²) in [6, 6.07) is 7.24. The maximum atomic E-state index is 12.2. The molecule has 1 fully saturated rings. The molecule has 2 rings (SSSR count). The number of piperidine rings is 1. The molecule has 1 N–H and O–H groups in total. The molecule has 1 heterocycles. The van der Waals surface area contributed by atoms with Gasteiger partial charge < -0.3 is 19.5 Å². The first kappa shape index (κ1) is 16.8. The lowest BCUT2D eigenvalue weighted by molar-refractivity contribution is -0.170. The summed E-state index contributed by atoms with van der Waals surface area (Å²) in [6.45, 7) is 3.65. The molecule has 1 unspecified atom stereocenters. The lowest BCUT2D eigenvalue weighted by Crippen LogP contribution is -2.36. The molecule has 1 aliphatic rings. The van der Waals surface area contributed by atoms with Gasteiger partial charge in [-0.3, -0.25) is 4.79 Å². The summed E-state index contributed by atoms with van der Waals surface area (Å²) in [6.07, 6.45) is 1.62. The molecule has 1 aromatic rings. The average molecular weight is 307 g/mol. The third-order valence-corrected chi connectivity index (χ3v) is 4.03. The summed E-state index contributed by atoms with van der Waals surface area (Å²) in [5, 5.41) is 9.32. The van der Waals surface area contributed by atoms with Crippen LogP contribution in [0.15, 0.2) is 24.3 Å². The zero-order valence-corrected chi connectivity index (χ0v) is 13.3. The Hall–Kier alpha value is -1.59. The molecule has 22 heavy (non-hydrogen) atoms. The second-order valence-corrected chi connectivity index (χ2v) is 5.74. The monoisotopic (exact) mass is 307 g/mol. The number of carbonyl (C=O) groups is 1. The summed E-state index contributed by atoms with van der Waals surface area (Å²) in [4.78, 5) is 14.5. The van der Waals surface area contributed by atoms with Crippen LogP contribution in [-0.4, -0.2) is 42.4 Å². The van der Waals surface area contributed by atoms with Crippen LogP contribution in [0.1, 0.15) is 31.7 Å². The van der Waals surface area contributed by atoms with E-state index in [-0.39, 0.29) is 18.5 Å². The van der Waals surface area contributed by atoms with Gasteiger partial charge in [-0.1, -0.05) is 25.1 Å². The van der Waals surface area contributed by atoms with Gasteiger partial charge in [-0.05, 0) is 39.0 Å². The number of hydrogen-bond acceptors (Lipinski definition) is 5. The summed E-state index contributed by atoms with van der Waals surface area (Å²) in [5.74, 6) is 0.344. The van der Waals surface area contributed by atoms with Crippen LogP contribution in [0.25, 0.3) is 0 Å². The number of esters is 1. The normalized spacial score (nSPS) is 18.0. The van der Waals surface area contributed by atoms with Crippen molar-refractivity contribution in [1.82, 2.24) is 4.90 Å². The van der Waals surface area contributed by atoms with Crippen LogP contribution in [0.2, 0.25) is 0 Å². The number of carbonyl (C=O) groups excluding carboxylic acids is 1. The van der Waals surface area contributed by atoms with Crippen LogP contribution >= 0.6 is 0 Å². The molecule has 0 amide bonds. The molecule has 0 saturated carbocycles. The number of aliphatic hydroxyl groups is 1. The topological polar surface area (TPSA) is 59.0 Å². The highest BCUT2D eigenvalue weighted by molar-refractivity contribution is 5.72. The van der Waals surface area contributed by atoms with Crippen LogP contribution in [0, 0.1) is 5.92 Å². The third kappa shape index (κ3) is 4.45. The van der Waals surface area contributed by atoms with Crippen LogP contribution in [-0.2, 0) is 16.1 Å². The molecule has 5 heteroatoms. The van der Waals surface area contributed by atoms with Crippen LogP contribution < -0.4 is 4.74 Å². The van der Waals surface area contributed by atoms with Crippen molar-refractivity contribution in [3.63, 3.8) is 0 Å². The largest absolute Gasteiger partial charge is 0.454 e. The zero-order chi connectivity index (χ0) is 15.9. The van der Waals surface area contributed by atoms with Crippen molar-refractivity contribution >= 4 is 5.97 Å². The molecular formula is C17H25NO4. The summed E-state index contributed by atoms with van der Waals surface area (Å²) in [5.41, 5.74) is 0.691. The Morgan fingerprint density at radius 2 is 2.05 bits per heavy atom. The number of para-hydroxylation sites is 1. The van der Waals surface area contributed by atoms with E-state index in [1.54, 1.807) is 12.1 Å². The van der Waals surface area contributed by atoms with Crippen molar-refractivity contribution in [1.29, 1.82) is 0 Å². The quantitative estimate of drug-likeness (QED) is 0.645. The van der Waals surface area contributed by atoms with Gasteiger partial charge in [0.2, 0.25) is 6.29 Å². The highest BCUT2D eigenvalue weighted by atomic mass is 16.7. The molecule has 0 aromatic heterocycles. The Morgan fingerprint density at radius 1 is 1.36 bits per heavy atom. The van der Waals surface area contributed by atoms with Crippen LogP contribution in [0.3, 0.4) is 0 Å². The molecule has 0 spiro atoms.